The second-order valence-corrected chi connectivity index (χ2v) is 6.81. The number of rotatable bonds is 2. The van der Waals surface area contributed by atoms with Gasteiger partial charge >= 0.3 is 0 Å². The van der Waals surface area contributed by atoms with Gasteiger partial charge in [0, 0.05) is 55.9 Å². The van der Waals surface area contributed by atoms with E-state index in [1.165, 1.54) is 11.3 Å². The highest BCUT2D eigenvalue weighted by Crippen LogP contribution is 2.31. The molecule has 2 N–H and O–H groups in total. The van der Waals surface area contributed by atoms with Gasteiger partial charge in [-0.05, 0) is 24.6 Å². The Bertz CT molecular complexity index is 1100. The van der Waals surface area contributed by atoms with E-state index in [1.54, 1.807) is 6.20 Å². The lowest BCUT2D eigenvalue weighted by Gasteiger charge is -2.11. The molecule has 1 aromatic carbocycles. The Labute approximate surface area is 151 Å². The van der Waals surface area contributed by atoms with Crippen molar-refractivity contribution in [2.45, 2.75) is 19.9 Å². The van der Waals surface area contributed by atoms with Gasteiger partial charge in [0.2, 0.25) is 0 Å². The van der Waals surface area contributed by atoms with E-state index in [9.17, 15) is 0 Å². The third-order valence-electron chi connectivity index (χ3n) is 5.05. The molecular formula is C20H20N6. The van der Waals surface area contributed by atoms with Crippen LogP contribution >= 0.6 is 0 Å². The van der Waals surface area contributed by atoms with E-state index in [4.69, 9.17) is 9.97 Å². The van der Waals surface area contributed by atoms with Crippen LogP contribution in [0.15, 0.2) is 36.7 Å². The van der Waals surface area contributed by atoms with Gasteiger partial charge in [0.25, 0.3) is 0 Å². The van der Waals surface area contributed by atoms with Crippen molar-refractivity contribution in [2.24, 2.45) is 7.05 Å². The van der Waals surface area contributed by atoms with Crippen LogP contribution in [0.4, 0.5) is 0 Å². The van der Waals surface area contributed by atoms with Crippen molar-refractivity contribution in [2.75, 3.05) is 6.54 Å². The van der Waals surface area contributed by atoms with Gasteiger partial charge in [0.05, 0.1) is 16.7 Å². The normalized spacial score (nSPS) is 13.9. The van der Waals surface area contributed by atoms with Crippen molar-refractivity contribution in [3.8, 4) is 22.8 Å². The lowest BCUT2D eigenvalue weighted by atomic mass is 10.1. The summed E-state index contributed by atoms with van der Waals surface area (Å²) in [5.41, 5.74) is 8.38. The molecule has 1 aliphatic rings. The SMILES string of the molecule is Cc1nc2cccc(-c3cc4c([nH]3)CCNC4)c2nc1-c1nccn1C. The largest absolute Gasteiger partial charge is 0.358 e. The Morgan fingerprint density at radius 1 is 1.19 bits per heavy atom. The number of para-hydroxylation sites is 1. The monoisotopic (exact) mass is 344 g/mol. The van der Waals surface area contributed by atoms with Crippen LogP contribution in [0.5, 0.6) is 0 Å². The maximum atomic E-state index is 4.98. The second kappa shape index (κ2) is 5.78. The molecule has 4 heterocycles. The Hall–Kier alpha value is -2.99. The molecule has 6 nitrogen and oxygen atoms in total. The van der Waals surface area contributed by atoms with Gasteiger partial charge in [0.15, 0.2) is 5.82 Å². The van der Waals surface area contributed by atoms with E-state index in [0.29, 0.717) is 0 Å². The quantitative estimate of drug-likeness (QED) is 0.586. The number of fused-ring (bicyclic) bond motifs is 2. The molecule has 0 saturated heterocycles. The fraction of sp³-hybridized carbons (Fsp3) is 0.250. The van der Waals surface area contributed by atoms with Crippen molar-refractivity contribution in [3.05, 3.63) is 53.6 Å². The van der Waals surface area contributed by atoms with Gasteiger partial charge < -0.3 is 14.9 Å². The van der Waals surface area contributed by atoms with Gasteiger partial charge in [-0.2, -0.15) is 0 Å². The molecule has 0 unspecified atom stereocenters. The Morgan fingerprint density at radius 3 is 2.92 bits per heavy atom. The Morgan fingerprint density at radius 2 is 2.12 bits per heavy atom. The number of aryl methyl sites for hydroxylation is 2. The first kappa shape index (κ1) is 15.3. The summed E-state index contributed by atoms with van der Waals surface area (Å²) in [4.78, 5) is 17.8. The van der Waals surface area contributed by atoms with Crippen molar-refractivity contribution in [3.63, 3.8) is 0 Å². The third kappa shape index (κ3) is 2.34. The van der Waals surface area contributed by atoms with E-state index in [1.807, 2.05) is 36.9 Å². The van der Waals surface area contributed by atoms with Crippen molar-refractivity contribution in [1.82, 2.24) is 29.8 Å². The molecule has 0 fully saturated rings. The highest BCUT2D eigenvalue weighted by Gasteiger charge is 2.17. The smallest absolute Gasteiger partial charge is 0.160 e. The van der Waals surface area contributed by atoms with E-state index >= 15 is 0 Å². The number of aromatic amines is 1. The highest BCUT2D eigenvalue weighted by molar-refractivity contribution is 5.92. The van der Waals surface area contributed by atoms with Crippen LogP contribution in [0.1, 0.15) is 17.0 Å². The maximum Gasteiger partial charge on any atom is 0.160 e. The number of nitrogens with one attached hydrogen (secondary N) is 2. The number of benzene rings is 1. The van der Waals surface area contributed by atoms with Crippen molar-refractivity contribution in [1.29, 1.82) is 0 Å². The number of nitrogens with zero attached hydrogens (tertiary/aromatic N) is 4. The summed E-state index contributed by atoms with van der Waals surface area (Å²) in [6, 6.07) is 8.41. The fourth-order valence-electron chi connectivity index (χ4n) is 3.69. The van der Waals surface area contributed by atoms with E-state index in [2.05, 4.69) is 27.4 Å². The average molecular weight is 344 g/mol. The summed E-state index contributed by atoms with van der Waals surface area (Å²) >= 11 is 0. The summed E-state index contributed by atoms with van der Waals surface area (Å²) in [5, 5.41) is 3.43. The summed E-state index contributed by atoms with van der Waals surface area (Å²) in [7, 11) is 1.98. The number of H-pyrrole nitrogens is 1. The standard InChI is InChI=1S/C20H20N6/c1-12-18(20-22-8-9-26(20)2)25-19-14(4-3-5-16(19)23-12)17-10-13-11-21-7-6-15(13)24-17/h3-5,8-10,21,24H,6-7,11H2,1-2H3. The predicted octanol–water partition coefficient (Wildman–Crippen LogP) is 2.98. The molecule has 6 heteroatoms. The summed E-state index contributed by atoms with van der Waals surface area (Å²) in [5.74, 6) is 0.835. The maximum absolute atomic E-state index is 4.98. The molecule has 0 atom stereocenters. The summed E-state index contributed by atoms with van der Waals surface area (Å²) in [6.07, 6.45) is 4.75. The molecule has 0 amide bonds. The first-order chi connectivity index (χ1) is 12.7. The minimum atomic E-state index is 0.829. The first-order valence-corrected chi connectivity index (χ1v) is 8.87. The zero-order valence-corrected chi connectivity index (χ0v) is 14.9. The lowest BCUT2D eigenvalue weighted by Crippen LogP contribution is -2.22. The van der Waals surface area contributed by atoms with Crippen LogP contribution in [0.2, 0.25) is 0 Å². The van der Waals surface area contributed by atoms with Crippen molar-refractivity contribution >= 4 is 11.0 Å². The van der Waals surface area contributed by atoms with Gasteiger partial charge in [-0.15, -0.1) is 0 Å². The predicted molar refractivity (Wildman–Crippen MR) is 102 cm³/mol. The van der Waals surface area contributed by atoms with E-state index < -0.39 is 0 Å². The minimum absolute atomic E-state index is 0.829. The summed E-state index contributed by atoms with van der Waals surface area (Å²) < 4.78 is 1.98. The fourth-order valence-corrected chi connectivity index (χ4v) is 3.69. The zero-order valence-electron chi connectivity index (χ0n) is 14.9. The van der Waals surface area contributed by atoms with Crippen LogP contribution in [0.25, 0.3) is 33.8 Å². The molecule has 26 heavy (non-hydrogen) atoms. The molecule has 0 aliphatic carbocycles. The van der Waals surface area contributed by atoms with Crippen LogP contribution in [0.3, 0.4) is 0 Å². The van der Waals surface area contributed by atoms with Crippen LogP contribution < -0.4 is 5.32 Å². The number of hydrogen-bond donors (Lipinski definition) is 2. The molecule has 0 radical (unpaired) electrons. The average Bonchev–Trinajstić information content (AvgIpc) is 3.26. The molecule has 3 aromatic heterocycles. The Balaban J connectivity index is 1.73. The first-order valence-electron chi connectivity index (χ1n) is 8.87. The topological polar surface area (TPSA) is 71.4 Å². The summed E-state index contributed by atoms with van der Waals surface area (Å²) in [6.45, 7) is 3.92. The molecule has 0 bridgehead atoms. The van der Waals surface area contributed by atoms with Gasteiger partial charge in [-0.1, -0.05) is 12.1 Å². The van der Waals surface area contributed by atoms with Crippen LogP contribution in [-0.2, 0) is 20.0 Å². The molecule has 5 rings (SSSR count). The van der Waals surface area contributed by atoms with Crippen LogP contribution in [0, 0.1) is 6.92 Å². The Kier molecular flexibility index (Phi) is 3.39. The molecule has 1 aliphatic heterocycles. The number of hydrogen-bond acceptors (Lipinski definition) is 4. The van der Waals surface area contributed by atoms with Crippen LogP contribution in [-0.4, -0.2) is 31.0 Å². The number of imidazole rings is 1. The van der Waals surface area contributed by atoms with E-state index in [0.717, 1.165) is 59.0 Å². The minimum Gasteiger partial charge on any atom is -0.358 e. The molecule has 4 aromatic rings. The molecule has 0 spiro atoms. The third-order valence-corrected chi connectivity index (χ3v) is 5.05. The number of aromatic nitrogens is 5. The lowest BCUT2D eigenvalue weighted by molar-refractivity contribution is 0.638. The van der Waals surface area contributed by atoms with Gasteiger partial charge in [-0.3, -0.25) is 0 Å². The molecule has 0 saturated carbocycles. The second-order valence-electron chi connectivity index (χ2n) is 6.81. The van der Waals surface area contributed by atoms with E-state index in [-0.39, 0.29) is 0 Å². The molecule has 130 valence electrons. The van der Waals surface area contributed by atoms with Crippen molar-refractivity contribution < 1.29 is 0 Å². The van der Waals surface area contributed by atoms with Gasteiger partial charge in [0.1, 0.15) is 5.69 Å². The zero-order chi connectivity index (χ0) is 17.7. The molecular weight excluding hydrogens is 324 g/mol. The van der Waals surface area contributed by atoms with Gasteiger partial charge in [-0.25, -0.2) is 15.0 Å². The highest BCUT2D eigenvalue weighted by atomic mass is 15.1.